The summed E-state index contributed by atoms with van der Waals surface area (Å²) < 4.78 is 14.3. The summed E-state index contributed by atoms with van der Waals surface area (Å²) in [6, 6.07) is 10.5. The molecule has 0 unspecified atom stereocenters. The van der Waals surface area contributed by atoms with E-state index in [2.05, 4.69) is 21.2 Å². The number of hydrogen-bond donors (Lipinski definition) is 2. The van der Waals surface area contributed by atoms with Gasteiger partial charge >= 0.3 is 0 Å². The maximum Gasteiger partial charge on any atom is 0.128 e. The fourth-order valence-corrected chi connectivity index (χ4v) is 2.59. The molecular weight excluding hydrogens is 327 g/mol. The minimum atomic E-state index is -0.233. The number of thiocarbonyl (C=S) groups is 1. The molecule has 0 aliphatic rings. The Morgan fingerprint density at radius 1 is 1.32 bits per heavy atom. The van der Waals surface area contributed by atoms with Crippen molar-refractivity contribution in [1.82, 2.24) is 0 Å². The van der Waals surface area contributed by atoms with Crippen molar-refractivity contribution < 1.29 is 4.39 Å². The summed E-state index contributed by atoms with van der Waals surface area (Å²) in [7, 11) is 0. The Kier molecular flexibility index (Phi) is 4.17. The maximum atomic E-state index is 13.4. The van der Waals surface area contributed by atoms with E-state index in [9.17, 15) is 4.39 Å². The minimum absolute atomic E-state index is 0.233. The summed E-state index contributed by atoms with van der Waals surface area (Å²) in [5.41, 5.74) is 8.51. The zero-order chi connectivity index (χ0) is 14.0. The van der Waals surface area contributed by atoms with Crippen LogP contribution in [-0.2, 0) is 0 Å². The number of anilines is 2. The molecule has 0 amide bonds. The van der Waals surface area contributed by atoms with Crippen molar-refractivity contribution in [3.8, 4) is 0 Å². The Bertz CT molecular complexity index is 643. The van der Waals surface area contributed by atoms with Crippen LogP contribution in [0.4, 0.5) is 15.8 Å². The number of nitrogens with one attached hydrogen (secondary N) is 1. The fourth-order valence-electron chi connectivity index (χ4n) is 1.69. The second-order valence-corrected chi connectivity index (χ2v) is 5.39. The molecule has 0 aliphatic heterocycles. The smallest absolute Gasteiger partial charge is 0.128 e. The van der Waals surface area contributed by atoms with Crippen molar-refractivity contribution in [2.75, 3.05) is 5.32 Å². The van der Waals surface area contributed by atoms with Crippen molar-refractivity contribution in [2.45, 2.75) is 6.92 Å². The molecule has 0 saturated carbocycles. The molecule has 0 aromatic heterocycles. The summed E-state index contributed by atoms with van der Waals surface area (Å²) in [5, 5.41) is 3.17. The molecule has 2 aromatic carbocycles. The molecule has 0 radical (unpaired) electrons. The highest BCUT2D eigenvalue weighted by Crippen LogP contribution is 2.26. The van der Waals surface area contributed by atoms with E-state index in [-0.39, 0.29) is 5.82 Å². The third-order valence-corrected chi connectivity index (χ3v) is 3.66. The number of hydrogen-bond acceptors (Lipinski definition) is 2. The standard InChI is InChI=1S/C14H12BrFN2S/c1-8-12(16)3-2-4-13(8)18-9-5-6-10(14(17)19)11(15)7-9/h2-7,18H,1H3,(H2,17,19). The molecule has 2 nitrogen and oxygen atoms in total. The largest absolute Gasteiger partial charge is 0.389 e. The average Bonchev–Trinajstić information content (AvgIpc) is 2.34. The molecule has 0 spiro atoms. The lowest BCUT2D eigenvalue weighted by Gasteiger charge is -2.11. The first-order valence-electron chi connectivity index (χ1n) is 5.60. The van der Waals surface area contributed by atoms with Gasteiger partial charge in [0, 0.05) is 27.0 Å². The third kappa shape index (κ3) is 3.11. The van der Waals surface area contributed by atoms with Gasteiger partial charge in [0.25, 0.3) is 0 Å². The van der Waals surface area contributed by atoms with Crippen molar-refractivity contribution in [3.05, 3.63) is 57.8 Å². The van der Waals surface area contributed by atoms with E-state index in [1.807, 2.05) is 24.3 Å². The van der Waals surface area contributed by atoms with Gasteiger partial charge in [0.05, 0.1) is 0 Å². The van der Waals surface area contributed by atoms with E-state index in [4.69, 9.17) is 18.0 Å². The lowest BCUT2D eigenvalue weighted by atomic mass is 10.1. The van der Waals surface area contributed by atoms with Crippen LogP contribution in [0.1, 0.15) is 11.1 Å². The van der Waals surface area contributed by atoms with E-state index in [1.54, 1.807) is 13.0 Å². The van der Waals surface area contributed by atoms with E-state index in [0.717, 1.165) is 21.4 Å². The van der Waals surface area contributed by atoms with Gasteiger partial charge in [0.15, 0.2) is 0 Å². The molecule has 5 heteroatoms. The van der Waals surface area contributed by atoms with E-state index < -0.39 is 0 Å². The number of rotatable bonds is 3. The Labute approximate surface area is 124 Å². The van der Waals surface area contributed by atoms with Crippen LogP contribution >= 0.6 is 28.1 Å². The van der Waals surface area contributed by atoms with Crippen molar-refractivity contribution in [1.29, 1.82) is 0 Å². The fraction of sp³-hybridized carbons (Fsp3) is 0.0714. The van der Waals surface area contributed by atoms with Crippen LogP contribution in [0, 0.1) is 12.7 Å². The molecule has 3 N–H and O–H groups in total. The highest BCUT2D eigenvalue weighted by atomic mass is 79.9. The van der Waals surface area contributed by atoms with Gasteiger partial charge < -0.3 is 11.1 Å². The first kappa shape index (κ1) is 14.0. The maximum absolute atomic E-state index is 13.4. The predicted octanol–water partition coefficient (Wildman–Crippen LogP) is 4.27. The van der Waals surface area contributed by atoms with Crippen LogP contribution in [0.3, 0.4) is 0 Å². The monoisotopic (exact) mass is 338 g/mol. The van der Waals surface area contributed by atoms with E-state index in [0.29, 0.717) is 10.6 Å². The molecule has 0 fully saturated rings. The first-order valence-corrected chi connectivity index (χ1v) is 6.80. The third-order valence-electron chi connectivity index (χ3n) is 2.78. The summed E-state index contributed by atoms with van der Waals surface area (Å²) in [6.07, 6.45) is 0. The Morgan fingerprint density at radius 3 is 2.68 bits per heavy atom. The molecule has 0 saturated heterocycles. The van der Waals surface area contributed by atoms with Gasteiger partial charge in [-0.3, -0.25) is 0 Å². The van der Waals surface area contributed by atoms with Gasteiger partial charge in [-0.25, -0.2) is 4.39 Å². The molecule has 19 heavy (non-hydrogen) atoms. The van der Waals surface area contributed by atoms with Gasteiger partial charge in [-0.2, -0.15) is 0 Å². The van der Waals surface area contributed by atoms with E-state index >= 15 is 0 Å². The van der Waals surface area contributed by atoms with Gasteiger partial charge in [-0.15, -0.1) is 0 Å². The van der Waals surface area contributed by atoms with Crippen molar-refractivity contribution >= 4 is 44.5 Å². The molecule has 2 rings (SSSR count). The molecule has 2 aromatic rings. The topological polar surface area (TPSA) is 38.0 Å². The summed E-state index contributed by atoms with van der Waals surface area (Å²) in [6.45, 7) is 1.73. The second kappa shape index (κ2) is 5.67. The van der Waals surface area contributed by atoms with Gasteiger partial charge in [-0.1, -0.05) is 18.3 Å². The zero-order valence-electron chi connectivity index (χ0n) is 10.2. The second-order valence-electron chi connectivity index (χ2n) is 4.10. The van der Waals surface area contributed by atoms with Crippen molar-refractivity contribution in [3.63, 3.8) is 0 Å². The summed E-state index contributed by atoms with van der Waals surface area (Å²) in [4.78, 5) is 0.334. The van der Waals surface area contributed by atoms with Crippen LogP contribution < -0.4 is 11.1 Å². The van der Waals surface area contributed by atoms with Crippen LogP contribution in [-0.4, -0.2) is 4.99 Å². The summed E-state index contributed by atoms with van der Waals surface area (Å²) in [5.74, 6) is -0.233. The zero-order valence-corrected chi connectivity index (χ0v) is 12.6. The van der Waals surface area contributed by atoms with Gasteiger partial charge in [-0.05, 0) is 53.2 Å². The molecule has 0 aliphatic carbocycles. The number of nitrogens with two attached hydrogens (primary N) is 1. The number of halogens is 2. The predicted molar refractivity (Wildman–Crippen MR) is 84.4 cm³/mol. The van der Waals surface area contributed by atoms with Crippen LogP contribution in [0.5, 0.6) is 0 Å². The van der Waals surface area contributed by atoms with Gasteiger partial charge in [0.1, 0.15) is 10.8 Å². The van der Waals surface area contributed by atoms with Crippen molar-refractivity contribution in [2.24, 2.45) is 5.73 Å². The SMILES string of the molecule is Cc1c(F)cccc1Nc1ccc(C(N)=S)c(Br)c1. The Balaban J connectivity index is 2.32. The lowest BCUT2D eigenvalue weighted by molar-refractivity contribution is 0.619. The molecule has 98 valence electrons. The minimum Gasteiger partial charge on any atom is -0.389 e. The normalized spacial score (nSPS) is 10.3. The van der Waals surface area contributed by atoms with Crippen LogP contribution in [0.25, 0.3) is 0 Å². The average molecular weight is 339 g/mol. The van der Waals surface area contributed by atoms with E-state index in [1.165, 1.54) is 6.07 Å². The first-order chi connectivity index (χ1) is 8.99. The molecule has 0 heterocycles. The van der Waals surface area contributed by atoms with Gasteiger partial charge in [0.2, 0.25) is 0 Å². The molecule has 0 bridgehead atoms. The Hall–Kier alpha value is -1.46. The Morgan fingerprint density at radius 2 is 2.05 bits per heavy atom. The lowest BCUT2D eigenvalue weighted by Crippen LogP contribution is -2.10. The number of benzene rings is 2. The highest BCUT2D eigenvalue weighted by Gasteiger charge is 2.06. The quantitative estimate of drug-likeness (QED) is 0.820. The molecular formula is C14H12BrFN2S. The summed E-state index contributed by atoms with van der Waals surface area (Å²) >= 11 is 8.35. The van der Waals surface area contributed by atoms with Crippen LogP contribution in [0.2, 0.25) is 0 Å². The highest BCUT2D eigenvalue weighted by molar-refractivity contribution is 9.10. The molecule has 0 atom stereocenters. The van der Waals surface area contributed by atoms with Crippen LogP contribution in [0.15, 0.2) is 40.9 Å².